The topological polar surface area (TPSA) is 66.6 Å². The van der Waals surface area contributed by atoms with Gasteiger partial charge in [0.05, 0.1) is 6.04 Å². The Morgan fingerprint density at radius 2 is 1.81 bits per heavy atom. The summed E-state index contributed by atoms with van der Waals surface area (Å²) >= 11 is 0. The average molecular weight is 282 g/mol. The Hall–Kier alpha value is -2.59. The van der Waals surface area contributed by atoms with Gasteiger partial charge in [0.25, 0.3) is 0 Å². The van der Waals surface area contributed by atoms with Crippen LogP contribution in [-0.2, 0) is 0 Å². The van der Waals surface area contributed by atoms with Crippen LogP contribution in [0.4, 0.5) is 4.79 Å². The number of urea groups is 1. The lowest BCUT2D eigenvalue weighted by Crippen LogP contribution is -2.38. The number of hydrogen-bond donors (Lipinski definition) is 2. The second-order valence-corrected chi connectivity index (χ2v) is 4.77. The van der Waals surface area contributed by atoms with Crippen molar-refractivity contribution < 1.29 is 10.0 Å². The minimum absolute atomic E-state index is 0.483. The summed E-state index contributed by atoms with van der Waals surface area (Å²) in [4.78, 5) is 10.9. The van der Waals surface area contributed by atoms with E-state index in [4.69, 9.17) is 5.73 Å². The molecule has 0 saturated carbocycles. The highest BCUT2D eigenvalue weighted by Gasteiger charge is 2.11. The predicted octanol–water partition coefficient (Wildman–Crippen LogP) is 3.53. The number of carbonyl (C=O) groups is 1. The Bertz CT molecular complexity index is 638. The van der Waals surface area contributed by atoms with Crippen molar-refractivity contribution in [1.82, 2.24) is 5.06 Å². The van der Waals surface area contributed by atoms with E-state index < -0.39 is 12.1 Å². The van der Waals surface area contributed by atoms with Crippen molar-refractivity contribution in [2.24, 2.45) is 5.73 Å². The Labute approximate surface area is 124 Å². The van der Waals surface area contributed by atoms with E-state index in [1.54, 1.807) is 13.0 Å². The van der Waals surface area contributed by atoms with Crippen LogP contribution in [0.15, 0.2) is 60.7 Å². The number of nitrogens with zero attached hydrogens (tertiary/aromatic N) is 1. The maximum atomic E-state index is 10.9. The molecule has 4 heteroatoms. The summed E-state index contributed by atoms with van der Waals surface area (Å²) in [5.74, 6) is 0. The number of carbonyl (C=O) groups excluding carboxylic acids is 1. The van der Waals surface area contributed by atoms with Gasteiger partial charge in [0, 0.05) is 0 Å². The number of hydroxylamine groups is 2. The third kappa shape index (κ3) is 3.94. The minimum Gasteiger partial charge on any atom is -0.350 e. The van der Waals surface area contributed by atoms with E-state index in [0.717, 1.165) is 16.7 Å². The molecule has 0 fully saturated rings. The molecule has 21 heavy (non-hydrogen) atoms. The molecule has 2 aromatic rings. The summed E-state index contributed by atoms with van der Waals surface area (Å²) in [5, 5.41) is 9.91. The van der Waals surface area contributed by atoms with E-state index in [2.05, 4.69) is 0 Å². The smallest absolute Gasteiger partial charge is 0.339 e. The van der Waals surface area contributed by atoms with E-state index in [1.165, 1.54) is 0 Å². The summed E-state index contributed by atoms with van der Waals surface area (Å²) in [6.45, 7) is 1.68. The Morgan fingerprint density at radius 3 is 2.48 bits per heavy atom. The van der Waals surface area contributed by atoms with Crippen molar-refractivity contribution in [3.05, 3.63) is 66.2 Å². The highest BCUT2D eigenvalue weighted by Crippen LogP contribution is 2.20. The molecule has 2 rings (SSSR count). The largest absolute Gasteiger partial charge is 0.350 e. The first-order valence-corrected chi connectivity index (χ1v) is 6.69. The second-order valence-electron chi connectivity index (χ2n) is 4.77. The van der Waals surface area contributed by atoms with E-state index in [-0.39, 0.29) is 0 Å². The van der Waals surface area contributed by atoms with Crippen LogP contribution in [0.2, 0.25) is 0 Å². The fourth-order valence-corrected chi connectivity index (χ4v) is 1.99. The molecule has 0 spiro atoms. The van der Waals surface area contributed by atoms with Crippen molar-refractivity contribution in [2.45, 2.75) is 13.0 Å². The third-order valence-electron chi connectivity index (χ3n) is 3.17. The van der Waals surface area contributed by atoms with Gasteiger partial charge in [-0.05, 0) is 29.7 Å². The Balaban J connectivity index is 2.17. The SMILES string of the molecule is C[C@H](C=Cc1cccc(-c2ccccc2)c1)N(O)C(N)=O. The molecule has 3 N–H and O–H groups in total. The molecule has 0 heterocycles. The van der Waals surface area contributed by atoms with E-state index in [1.807, 2.05) is 60.7 Å². The summed E-state index contributed by atoms with van der Waals surface area (Å²) in [7, 11) is 0. The molecule has 0 saturated heterocycles. The zero-order chi connectivity index (χ0) is 15.2. The summed E-state index contributed by atoms with van der Waals surface area (Å²) < 4.78 is 0. The van der Waals surface area contributed by atoms with E-state index in [9.17, 15) is 10.0 Å². The minimum atomic E-state index is -0.870. The van der Waals surface area contributed by atoms with Crippen LogP contribution < -0.4 is 5.73 Å². The lowest BCUT2D eigenvalue weighted by Gasteiger charge is -2.16. The van der Waals surface area contributed by atoms with Crippen LogP contribution in [0.3, 0.4) is 0 Å². The zero-order valence-electron chi connectivity index (χ0n) is 11.8. The number of amides is 2. The molecule has 0 unspecified atom stereocenters. The van der Waals surface area contributed by atoms with Gasteiger partial charge in [-0.2, -0.15) is 5.06 Å². The molecule has 0 aromatic heterocycles. The van der Waals surface area contributed by atoms with E-state index >= 15 is 0 Å². The number of nitrogens with two attached hydrogens (primary N) is 1. The summed E-state index contributed by atoms with van der Waals surface area (Å²) in [5.41, 5.74) is 8.25. The van der Waals surface area contributed by atoms with Crippen molar-refractivity contribution >= 4 is 12.1 Å². The fourth-order valence-electron chi connectivity index (χ4n) is 1.99. The monoisotopic (exact) mass is 282 g/mol. The van der Waals surface area contributed by atoms with E-state index in [0.29, 0.717) is 5.06 Å². The standard InChI is InChI=1S/C17H18N2O2/c1-13(19(21)17(18)20)10-11-14-6-5-9-16(12-14)15-7-3-2-4-8-15/h2-13,21H,1H3,(H2,18,20)/t13-/m1/s1. The summed E-state index contributed by atoms with van der Waals surface area (Å²) in [6, 6.07) is 16.7. The van der Waals surface area contributed by atoms with Gasteiger partial charge in [0.2, 0.25) is 0 Å². The number of rotatable bonds is 4. The number of primary amides is 1. The first-order chi connectivity index (χ1) is 10.1. The zero-order valence-corrected chi connectivity index (χ0v) is 11.8. The molecule has 0 aliphatic rings. The average Bonchev–Trinajstić information content (AvgIpc) is 2.53. The van der Waals surface area contributed by atoms with Crippen molar-refractivity contribution in [2.75, 3.05) is 0 Å². The predicted molar refractivity (Wildman–Crippen MR) is 83.6 cm³/mol. The quantitative estimate of drug-likeness (QED) is 0.665. The molecular formula is C17H18N2O2. The Morgan fingerprint density at radius 1 is 1.14 bits per heavy atom. The molecule has 2 aromatic carbocycles. The summed E-state index contributed by atoms with van der Waals surface area (Å²) in [6.07, 6.45) is 3.57. The van der Waals surface area contributed by atoms with Gasteiger partial charge < -0.3 is 5.73 Å². The maximum absolute atomic E-state index is 10.9. The second kappa shape index (κ2) is 6.72. The van der Waals surface area contributed by atoms with Crippen LogP contribution in [0, 0.1) is 0 Å². The Kier molecular flexibility index (Phi) is 4.74. The normalized spacial score (nSPS) is 12.3. The van der Waals surface area contributed by atoms with Gasteiger partial charge in [-0.3, -0.25) is 5.21 Å². The van der Waals surface area contributed by atoms with Gasteiger partial charge in [-0.15, -0.1) is 0 Å². The van der Waals surface area contributed by atoms with Crippen LogP contribution in [0.1, 0.15) is 12.5 Å². The molecule has 0 aliphatic carbocycles. The highest BCUT2D eigenvalue weighted by molar-refractivity contribution is 5.71. The van der Waals surface area contributed by atoms with Crippen LogP contribution in [0.5, 0.6) is 0 Å². The molecular weight excluding hydrogens is 264 g/mol. The van der Waals surface area contributed by atoms with Crippen molar-refractivity contribution in [1.29, 1.82) is 0 Å². The molecule has 1 atom stereocenters. The van der Waals surface area contributed by atoms with Crippen LogP contribution in [0.25, 0.3) is 17.2 Å². The van der Waals surface area contributed by atoms with Gasteiger partial charge in [0.1, 0.15) is 0 Å². The van der Waals surface area contributed by atoms with Gasteiger partial charge in [0.15, 0.2) is 0 Å². The van der Waals surface area contributed by atoms with Crippen LogP contribution in [-0.4, -0.2) is 22.3 Å². The van der Waals surface area contributed by atoms with Gasteiger partial charge in [-0.25, -0.2) is 4.79 Å². The highest BCUT2D eigenvalue weighted by atomic mass is 16.5. The number of hydrogen-bond acceptors (Lipinski definition) is 2. The third-order valence-corrected chi connectivity index (χ3v) is 3.17. The fraction of sp³-hybridized carbons (Fsp3) is 0.118. The molecule has 108 valence electrons. The van der Waals surface area contributed by atoms with Crippen molar-refractivity contribution in [3.8, 4) is 11.1 Å². The van der Waals surface area contributed by atoms with Gasteiger partial charge in [-0.1, -0.05) is 60.7 Å². The molecule has 0 aliphatic heterocycles. The lowest BCUT2D eigenvalue weighted by molar-refractivity contribution is -0.0560. The van der Waals surface area contributed by atoms with Gasteiger partial charge >= 0.3 is 6.03 Å². The number of benzene rings is 2. The lowest BCUT2D eigenvalue weighted by atomic mass is 10.0. The maximum Gasteiger partial charge on any atom is 0.339 e. The molecule has 2 amide bonds. The molecule has 0 bridgehead atoms. The van der Waals surface area contributed by atoms with Crippen molar-refractivity contribution in [3.63, 3.8) is 0 Å². The van der Waals surface area contributed by atoms with Crippen LogP contribution >= 0.6 is 0 Å². The molecule has 4 nitrogen and oxygen atoms in total. The molecule has 0 radical (unpaired) electrons. The first-order valence-electron chi connectivity index (χ1n) is 6.69. The first kappa shape index (κ1) is 14.8.